The Hall–Kier alpha value is -2.57. The summed E-state index contributed by atoms with van der Waals surface area (Å²) in [6, 6.07) is 0. The van der Waals surface area contributed by atoms with Crippen LogP contribution in [0, 0.1) is 0 Å². The second-order valence-electron chi connectivity index (χ2n) is 4.25. The largest absolute Gasteiger partial charge is 0.478 e. The molecule has 0 saturated heterocycles. The van der Waals surface area contributed by atoms with Crippen LogP contribution in [0.4, 0.5) is 0 Å². The van der Waals surface area contributed by atoms with E-state index in [4.69, 9.17) is 0 Å². The number of hydrogen-bond acceptors (Lipinski definition) is 4. The molecule has 0 saturated carbocycles. The molecule has 0 bridgehead atoms. The molecule has 1 aliphatic rings. The Labute approximate surface area is 108 Å². The van der Waals surface area contributed by atoms with Crippen molar-refractivity contribution in [3.8, 4) is 0 Å². The first kappa shape index (κ1) is 12.9. The third kappa shape index (κ3) is 2.10. The van der Waals surface area contributed by atoms with Gasteiger partial charge < -0.3 is 20.5 Å². The third-order valence-electron chi connectivity index (χ3n) is 3.05. The van der Waals surface area contributed by atoms with E-state index in [1.165, 1.54) is 12.5 Å². The highest BCUT2D eigenvalue weighted by Gasteiger charge is 2.37. The zero-order chi connectivity index (χ0) is 14.2. The number of H-pyrrole nitrogens is 1. The third-order valence-corrected chi connectivity index (χ3v) is 3.05. The zero-order valence-electron chi connectivity index (χ0n) is 10.4. The van der Waals surface area contributed by atoms with Crippen molar-refractivity contribution in [1.82, 2.24) is 15.3 Å². The smallest absolute Gasteiger partial charge is 0.334 e. The van der Waals surface area contributed by atoms with Crippen LogP contribution in [0.1, 0.15) is 25.5 Å². The van der Waals surface area contributed by atoms with E-state index >= 15 is 0 Å². The number of rotatable bonds is 3. The fraction of sp³-hybridized carbons (Fsp3) is 0.250. The van der Waals surface area contributed by atoms with E-state index in [0.717, 1.165) is 0 Å². The van der Waals surface area contributed by atoms with E-state index in [2.05, 4.69) is 15.3 Å². The van der Waals surface area contributed by atoms with Gasteiger partial charge in [-0.15, -0.1) is 0 Å². The molecule has 2 rings (SSSR count). The molecule has 0 atom stereocenters. The van der Waals surface area contributed by atoms with Gasteiger partial charge in [0.1, 0.15) is 0 Å². The Kier molecular flexibility index (Phi) is 3.12. The highest BCUT2D eigenvalue weighted by molar-refractivity contribution is 5.98. The van der Waals surface area contributed by atoms with Crippen molar-refractivity contribution >= 4 is 11.9 Å². The predicted octanol–water partition coefficient (Wildman–Crippen LogP) is 0.814. The summed E-state index contributed by atoms with van der Waals surface area (Å²) in [4.78, 5) is 29.4. The van der Waals surface area contributed by atoms with Gasteiger partial charge in [-0.3, -0.25) is 0 Å². The van der Waals surface area contributed by atoms with E-state index in [1.807, 2.05) is 0 Å². The quantitative estimate of drug-likeness (QED) is 0.641. The normalized spacial score (nSPS) is 16.5. The number of hydrogen-bond donors (Lipinski definition) is 4. The molecule has 2 heterocycles. The standard InChI is InChI=1S/C12H13N3O4/c1-5-8(11(16)17)10(7-3-13-4-14-7)9(12(18)19)6(2)15-5/h3-4,10,15H,1-2H3,(H,13,14)(H,16,17)(H,18,19). The molecule has 0 aliphatic carbocycles. The van der Waals surface area contributed by atoms with Gasteiger partial charge in [-0.25, -0.2) is 14.6 Å². The second-order valence-corrected chi connectivity index (χ2v) is 4.25. The van der Waals surface area contributed by atoms with Crippen molar-refractivity contribution in [2.45, 2.75) is 19.8 Å². The highest BCUT2D eigenvalue weighted by atomic mass is 16.4. The van der Waals surface area contributed by atoms with E-state index in [-0.39, 0.29) is 11.1 Å². The molecule has 0 fully saturated rings. The van der Waals surface area contributed by atoms with Gasteiger partial charge in [0.25, 0.3) is 0 Å². The summed E-state index contributed by atoms with van der Waals surface area (Å²) in [5.74, 6) is -3.18. The van der Waals surface area contributed by atoms with Gasteiger partial charge in [0.15, 0.2) is 0 Å². The summed E-state index contributed by atoms with van der Waals surface area (Å²) in [6.45, 7) is 3.21. The topological polar surface area (TPSA) is 115 Å². The van der Waals surface area contributed by atoms with Crippen LogP contribution < -0.4 is 5.32 Å². The average molecular weight is 263 g/mol. The van der Waals surface area contributed by atoms with Crippen molar-refractivity contribution in [2.24, 2.45) is 0 Å². The number of aromatic nitrogens is 2. The average Bonchev–Trinajstić information content (AvgIpc) is 2.79. The Morgan fingerprint density at radius 1 is 1.16 bits per heavy atom. The van der Waals surface area contributed by atoms with Crippen LogP contribution >= 0.6 is 0 Å². The minimum atomic E-state index is -1.16. The monoisotopic (exact) mass is 263 g/mol. The molecule has 0 spiro atoms. The van der Waals surface area contributed by atoms with Gasteiger partial charge in [-0.05, 0) is 13.8 Å². The fourth-order valence-corrected chi connectivity index (χ4v) is 2.30. The Balaban J connectivity index is 2.65. The first-order valence-corrected chi connectivity index (χ1v) is 5.57. The summed E-state index contributed by atoms with van der Waals surface area (Å²) >= 11 is 0. The molecule has 1 aromatic rings. The van der Waals surface area contributed by atoms with Gasteiger partial charge in [0.2, 0.25) is 0 Å². The molecule has 0 radical (unpaired) electrons. The number of nitrogens with one attached hydrogen (secondary N) is 2. The molecular formula is C12H13N3O4. The molecule has 100 valence electrons. The van der Waals surface area contributed by atoms with Crippen LogP contribution in [0.5, 0.6) is 0 Å². The lowest BCUT2D eigenvalue weighted by Crippen LogP contribution is -2.31. The van der Waals surface area contributed by atoms with Gasteiger partial charge in [0.05, 0.1) is 23.4 Å². The van der Waals surface area contributed by atoms with E-state index in [9.17, 15) is 19.8 Å². The number of dihydropyridines is 1. The summed E-state index contributed by atoms with van der Waals surface area (Å²) in [6.07, 6.45) is 2.82. The molecule has 0 aromatic carbocycles. The fourth-order valence-electron chi connectivity index (χ4n) is 2.30. The van der Waals surface area contributed by atoms with Crippen molar-refractivity contribution in [2.75, 3.05) is 0 Å². The van der Waals surface area contributed by atoms with Crippen molar-refractivity contribution in [3.63, 3.8) is 0 Å². The summed E-state index contributed by atoms with van der Waals surface area (Å²) in [5, 5.41) is 21.4. The molecule has 1 aliphatic heterocycles. The van der Waals surface area contributed by atoms with Crippen LogP contribution in [-0.2, 0) is 9.59 Å². The van der Waals surface area contributed by atoms with Crippen LogP contribution in [0.15, 0.2) is 35.1 Å². The summed E-state index contributed by atoms with van der Waals surface area (Å²) < 4.78 is 0. The van der Waals surface area contributed by atoms with E-state index < -0.39 is 17.9 Å². The Bertz CT molecular complexity index is 563. The Morgan fingerprint density at radius 3 is 2.05 bits per heavy atom. The number of carboxylic acid groups (broad SMARTS) is 2. The SMILES string of the molecule is CC1=C(C(=O)O)C(c2cnc[nH]2)C(C(=O)O)=C(C)N1. The molecule has 7 heteroatoms. The number of carboxylic acids is 2. The maximum absolute atomic E-state index is 11.4. The minimum absolute atomic E-state index is 0.00671. The number of aromatic amines is 1. The molecule has 1 aromatic heterocycles. The first-order chi connectivity index (χ1) is 8.93. The van der Waals surface area contributed by atoms with Gasteiger partial charge >= 0.3 is 11.9 Å². The van der Waals surface area contributed by atoms with Crippen molar-refractivity contribution in [3.05, 3.63) is 40.8 Å². The zero-order valence-corrected chi connectivity index (χ0v) is 10.4. The van der Waals surface area contributed by atoms with Crippen LogP contribution in [-0.4, -0.2) is 32.1 Å². The molecule has 7 nitrogen and oxygen atoms in total. The molecule has 0 unspecified atom stereocenters. The van der Waals surface area contributed by atoms with Gasteiger partial charge in [-0.2, -0.15) is 0 Å². The lowest BCUT2D eigenvalue weighted by Gasteiger charge is -2.27. The van der Waals surface area contributed by atoms with Crippen molar-refractivity contribution in [1.29, 1.82) is 0 Å². The summed E-state index contributed by atoms with van der Waals surface area (Å²) in [5.41, 5.74) is 1.30. The lowest BCUT2D eigenvalue weighted by atomic mass is 9.83. The number of nitrogens with zero attached hydrogens (tertiary/aromatic N) is 1. The molecule has 4 N–H and O–H groups in total. The number of allylic oxidation sites excluding steroid dienone is 2. The maximum Gasteiger partial charge on any atom is 0.334 e. The van der Waals surface area contributed by atoms with Crippen LogP contribution in [0.2, 0.25) is 0 Å². The lowest BCUT2D eigenvalue weighted by molar-refractivity contribution is -0.133. The molecular weight excluding hydrogens is 250 g/mol. The van der Waals surface area contributed by atoms with E-state index in [1.54, 1.807) is 13.8 Å². The Morgan fingerprint density at radius 2 is 1.68 bits per heavy atom. The number of carbonyl (C=O) groups is 2. The first-order valence-electron chi connectivity index (χ1n) is 5.57. The predicted molar refractivity (Wildman–Crippen MR) is 65.1 cm³/mol. The molecule has 19 heavy (non-hydrogen) atoms. The van der Waals surface area contributed by atoms with Crippen LogP contribution in [0.25, 0.3) is 0 Å². The maximum atomic E-state index is 11.4. The summed E-state index contributed by atoms with van der Waals surface area (Å²) in [7, 11) is 0. The van der Waals surface area contributed by atoms with Crippen LogP contribution in [0.3, 0.4) is 0 Å². The second kappa shape index (κ2) is 4.60. The molecule has 0 amide bonds. The van der Waals surface area contributed by atoms with E-state index in [0.29, 0.717) is 17.1 Å². The highest BCUT2D eigenvalue weighted by Crippen LogP contribution is 2.36. The minimum Gasteiger partial charge on any atom is -0.478 e. The van der Waals surface area contributed by atoms with Gasteiger partial charge in [-0.1, -0.05) is 0 Å². The van der Waals surface area contributed by atoms with Gasteiger partial charge in [0, 0.05) is 23.3 Å². The number of imidazole rings is 1. The number of aliphatic carboxylic acids is 2. The van der Waals surface area contributed by atoms with Crippen molar-refractivity contribution < 1.29 is 19.8 Å².